The molecule has 0 unspecified atom stereocenters. The predicted molar refractivity (Wildman–Crippen MR) is 56.8 cm³/mol. The number of nitrogens with zero attached hydrogens (tertiary/aromatic N) is 1. The zero-order valence-corrected chi connectivity index (χ0v) is 17.2. The Morgan fingerprint density at radius 1 is 1.50 bits per heavy atom. The maximum absolute atomic E-state index is 11.9. The largest absolute Gasteiger partial charge is 1.00 e. The van der Waals surface area contributed by atoms with E-state index in [1.54, 1.807) is 0 Å². The van der Waals surface area contributed by atoms with Crippen LogP contribution in [0.25, 0.3) is 0 Å². The summed E-state index contributed by atoms with van der Waals surface area (Å²) >= 11 is 0. The van der Waals surface area contributed by atoms with Crippen LogP contribution in [0.1, 0.15) is 20.8 Å². The summed E-state index contributed by atoms with van der Waals surface area (Å²) in [5, 5.41) is 9.72. The molecular weight excluding hydrogens is 446 g/mol. The van der Waals surface area contributed by atoms with Gasteiger partial charge in [0.25, 0.3) is 0 Å². The monoisotopic (exact) mass is 465 g/mol. The van der Waals surface area contributed by atoms with Crippen molar-refractivity contribution >= 4 is 6.09 Å². The molecular formula is C11H18ClHgNO4. The zero-order chi connectivity index (χ0) is 11.9. The van der Waals surface area contributed by atoms with Crippen molar-refractivity contribution in [3.8, 4) is 0 Å². The van der Waals surface area contributed by atoms with E-state index >= 15 is 0 Å². The molecule has 3 atom stereocenters. The third-order valence-corrected chi connectivity index (χ3v) is 2.71. The molecule has 5 nitrogen and oxygen atoms in total. The van der Waals surface area contributed by atoms with Crippen LogP contribution in [-0.2, 0) is 37.1 Å². The zero-order valence-electron chi connectivity index (χ0n) is 10.9. The van der Waals surface area contributed by atoms with Crippen LogP contribution in [0.4, 0.5) is 4.79 Å². The molecule has 2 heterocycles. The van der Waals surface area contributed by atoms with Crippen LogP contribution in [0.5, 0.6) is 0 Å². The van der Waals surface area contributed by atoms with Crippen molar-refractivity contribution in [1.82, 2.24) is 4.90 Å². The number of carbonyl (C=O) groups excluding carboxylic acids is 1. The molecule has 0 bridgehead atoms. The number of hydrogen-bond acceptors (Lipinski definition) is 4. The van der Waals surface area contributed by atoms with E-state index in [2.05, 4.69) is 0 Å². The van der Waals surface area contributed by atoms with Gasteiger partial charge in [-0.3, -0.25) is 4.90 Å². The Labute approximate surface area is 134 Å². The van der Waals surface area contributed by atoms with Crippen LogP contribution >= 0.6 is 0 Å². The number of likely N-dealkylation sites (tertiary alicyclic amines) is 1. The first kappa shape index (κ1) is 18.4. The Balaban J connectivity index is 0.00000144. The smallest absolute Gasteiger partial charge is 1.00 e. The van der Waals surface area contributed by atoms with Gasteiger partial charge in [-0.15, -0.1) is 0 Å². The molecule has 7 heteroatoms. The summed E-state index contributed by atoms with van der Waals surface area (Å²) in [5.41, 5.74) is -0.514. The number of ether oxygens (including phenoxy) is 2. The summed E-state index contributed by atoms with van der Waals surface area (Å²) < 4.78 is 10.6. The second kappa shape index (κ2) is 6.73. The van der Waals surface area contributed by atoms with E-state index in [1.165, 1.54) is 4.90 Å². The van der Waals surface area contributed by atoms with Crippen molar-refractivity contribution in [2.24, 2.45) is 0 Å². The summed E-state index contributed by atoms with van der Waals surface area (Å²) in [6, 6.07) is -0.148. The Kier molecular flexibility index (Phi) is 6.88. The SMILES string of the molecule is CC(C)(C)OC(=O)N1C[C@@H](O)[C@H]2OC[CH][C@H]21.[Cl-].[Hg+]. The molecule has 100 valence electrons. The van der Waals surface area contributed by atoms with Crippen LogP contribution in [0, 0.1) is 6.42 Å². The summed E-state index contributed by atoms with van der Waals surface area (Å²) in [5.74, 6) is 0. The second-order valence-corrected chi connectivity index (χ2v) is 5.22. The Morgan fingerprint density at radius 3 is 2.67 bits per heavy atom. The van der Waals surface area contributed by atoms with Crippen LogP contribution in [0.15, 0.2) is 0 Å². The van der Waals surface area contributed by atoms with Crippen molar-refractivity contribution in [1.29, 1.82) is 0 Å². The normalized spacial score (nSPS) is 30.2. The number of hydrogen-bond donors (Lipinski definition) is 1. The second-order valence-electron chi connectivity index (χ2n) is 5.22. The first-order valence-electron chi connectivity index (χ1n) is 5.51. The molecule has 2 aliphatic heterocycles. The van der Waals surface area contributed by atoms with Crippen LogP contribution < -0.4 is 12.4 Å². The Bertz CT molecular complexity index is 297. The molecule has 2 saturated heterocycles. The summed E-state index contributed by atoms with van der Waals surface area (Å²) in [6.07, 6.45) is 0.606. The van der Waals surface area contributed by atoms with E-state index in [9.17, 15) is 9.90 Å². The maximum Gasteiger partial charge on any atom is 1.00 e. The molecule has 1 N–H and O–H groups in total. The molecule has 0 saturated carbocycles. The number of aliphatic hydroxyl groups is 1. The molecule has 2 aliphatic rings. The molecule has 2 rings (SSSR count). The predicted octanol–water partition coefficient (Wildman–Crippen LogP) is -2.43. The Hall–Kier alpha value is 0.415. The minimum absolute atomic E-state index is 0. The summed E-state index contributed by atoms with van der Waals surface area (Å²) in [4.78, 5) is 13.4. The van der Waals surface area contributed by atoms with Crippen molar-refractivity contribution in [2.75, 3.05) is 13.2 Å². The van der Waals surface area contributed by atoms with E-state index in [4.69, 9.17) is 9.47 Å². The minimum atomic E-state index is -0.615. The van der Waals surface area contributed by atoms with Gasteiger partial charge in [0.05, 0.1) is 25.3 Å². The van der Waals surface area contributed by atoms with Crippen LogP contribution in [-0.4, -0.2) is 53.1 Å². The fraction of sp³-hybridized carbons (Fsp3) is 0.818. The number of β-amino-alcohol motifs (C(OH)–C–C–N with tert-alkyl or cyclic N) is 1. The third-order valence-electron chi connectivity index (χ3n) is 2.71. The molecule has 2 fully saturated rings. The van der Waals surface area contributed by atoms with Gasteiger partial charge in [0.15, 0.2) is 0 Å². The van der Waals surface area contributed by atoms with Crippen molar-refractivity contribution in [3.05, 3.63) is 6.42 Å². The fourth-order valence-electron chi connectivity index (χ4n) is 2.09. The van der Waals surface area contributed by atoms with Gasteiger partial charge in [0, 0.05) is 6.42 Å². The quantitative estimate of drug-likeness (QED) is 0.406. The van der Waals surface area contributed by atoms with Crippen molar-refractivity contribution < 1.29 is 59.5 Å². The molecule has 0 aliphatic carbocycles. The van der Waals surface area contributed by atoms with E-state index in [-0.39, 0.29) is 64.9 Å². The summed E-state index contributed by atoms with van der Waals surface area (Å²) in [7, 11) is 0. The van der Waals surface area contributed by atoms with Crippen molar-refractivity contribution in [3.63, 3.8) is 0 Å². The van der Waals surface area contributed by atoms with E-state index in [0.29, 0.717) is 6.61 Å². The van der Waals surface area contributed by atoms with Gasteiger partial charge in [-0.05, 0) is 20.8 Å². The fourth-order valence-corrected chi connectivity index (χ4v) is 2.09. The Morgan fingerprint density at radius 2 is 2.11 bits per heavy atom. The molecule has 0 aromatic heterocycles. The van der Waals surface area contributed by atoms with E-state index < -0.39 is 11.7 Å². The van der Waals surface area contributed by atoms with Crippen molar-refractivity contribution in [2.45, 2.75) is 44.6 Å². The number of fused-ring (bicyclic) bond motifs is 1. The first-order valence-corrected chi connectivity index (χ1v) is 5.51. The standard InChI is InChI=1S/C11H18NO4.ClH.Hg/c1-11(2,3)16-10(14)12-6-8(13)9-7(12)4-5-15-9;;/h4,7-9,13H,5-6H2,1-3H3;1H;/q;;+1/p-1/t7-,8-,9+;;/m1../s1. The van der Waals surface area contributed by atoms with Gasteiger partial charge in [-0.2, -0.15) is 0 Å². The van der Waals surface area contributed by atoms with Gasteiger partial charge in [0.2, 0.25) is 0 Å². The van der Waals surface area contributed by atoms with Gasteiger partial charge in [0.1, 0.15) is 11.7 Å². The van der Waals surface area contributed by atoms with E-state index in [0.717, 1.165) is 0 Å². The van der Waals surface area contributed by atoms with Gasteiger partial charge >= 0.3 is 33.8 Å². The number of aliphatic hydroxyl groups excluding tert-OH is 1. The van der Waals surface area contributed by atoms with Gasteiger partial charge in [-0.1, -0.05) is 0 Å². The van der Waals surface area contributed by atoms with Crippen LogP contribution in [0.3, 0.4) is 0 Å². The molecule has 1 amide bonds. The molecule has 0 aromatic carbocycles. The summed E-state index contributed by atoms with van der Waals surface area (Å²) in [6.45, 7) is 6.23. The number of halogens is 1. The van der Waals surface area contributed by atoms with E-state index in [1.807, 2.05) is 27.2 Å². The first-order chi connectivity index (χ1) is 7.38. The number of rotatable bonds is 0. The topological polar surface area (TPSA) is 59.0 Å². The van der Waals surface area contributed by atoms with Crippen LogP contribution in [0.2, 0.25) is 0 Å². The van der Waals surface area contributed by atoms with Gasteiger partial charge < -0.3 is 27.0 Å². The molecule has 2 radical (unpaired) electrons. The number of amides is 1. The molecule has 0 aromatic rings. The molecule has 18 heavy (non-hydrogen) atoms. The molecule has 0 spiro atoms. The number of carbonyl (C=O) groups is 1. The average molecular weight is 464 g/mol. The third kappa shape index (κ3) is 3.95. The maximum atomic E-state index is 11.9. The minimum Gasteiger partial charge on any atom is -1.00 e. The average Bonchev–Trinajstić information content (AvgIpc) is 2.66. The van der Waals surface area contributed by atoms with Gasteiger partial charge in [-0.25, -0.2) is 4.79 Å².